The molecule has 0 radical (unpaired) electrons. The van der Waals surface area contributed by atoms with E-state index >= 15 is 0 Å². The number of para-hydroxylation sites is 4. The summed E-state index contributed by atoms with van der Waals surface area (Å²) in [6.45, 7) is 0. The summed E-state index contributed by atoms with van der Waals surface area (Å²) in [4.78, 5) is 25.6. The molecule has 4 aliphatic carbocycles. The molecule has 4 atom stereocenters. The van der Waals surface area contributed by atoms with Crippen molar-refractivity contribution < 1.29 is 47.1 Å². The first-order valence-electron chi connectivity index (χ1n) is 18.4. The monoisotopic (exact) mass is 826 g/mol. The fourth-order valence-corrected chi connectivity index (χ4v) is 6.60. The minimum atomic E-state index is -0.426. The van der Waals surface area contributed by atoms with Gasteiger partial charge < -0.3 is 31.1 Å². The van der Waals surface area contributed by atoms with Crippen molar-refractivity contribution in [3.63, 3.8) is 0 Å². The molecule has 59 heavy (non-hydrogen) atoms. The molecular weight excluding hydrogens is 788 g/mol. The van der Waals surface area contributed by atoms with Crippen molar-refractivity contribution in [2.24, 2.45) is 44.1 Å². The zero-order valence-corrected chi connectivity index (χ0v) is 32.3. The maximum atomic E-state index is 12.8. The number of carbonyl (C=O) groups is 2. The normalized spacial score (nSPS) is 20.1. The second-order valence-electron chi connectivity index (χ2n) is 13.4. The van der Waals surface area contributed by atoms with Crippen molar-refractivity contribution in [2.45, 2.75) is 0 Å². The Bertz CT molecular complexity index is 2350. The summed E-state index contributed by atoms with van der Waals surface area (Å²) in [5, 5.41) is 63.7. The van der Waals surface area contributed by atoms with Crippen LogP contribution in [0.2, 0.25) is 0 Å². The number of hydrogen-bond acceptors (Lipinski definition) is 10. The second kappa shape index (κ2) is 19.2. The number of azo groups is 2. The Morgan fingerprint density at radius 1 is 0.458 bits per heavy atom. The van der Waals surface area contributed by atoms with Gasteiger partial charge in [-0.1, -0.05) is 121 Å². The summed E-state index contributed by atoms with van der Waals surface area (Å²) in [6.07, 6.45) is 18.7. The summed E-state index contributed by atoms with van der Waals surface area (Å²) in [7, 11) is 0. The van der Waals surface area contributed by atoms with Gasteiger partial charge in [-0.3, -0.25) is 9.59 Å². The van der Waals surface area contributed by atoms with E-state index in [4.69, 9.17) is 0 Å². The predicted octanol–water partition coefficient (Wildman–Crippen LogP) is 10.4. The van der Waals surface area contributed by atoms with Gasteiger partial charge in [-0.05, 0) is 48.5 Å². The Kier molecular flexibility index (Phi) is 13.4. The molecule has 0 saturated heterocycles. The van der Waals surface area contributed by atoms with Crippen molar-refractivity contribution >= 4 is 34.6 Å². The number of anilines is 2. The Morgan fingerprint density at radius 3 is 1.20 bits per heavy atom. The molecule has 8 rings (SSSR count). The number of fused-ring (bicyclic) bond motifs is 2. The minimum Gasteiger partial charge on any atom is -0.506 e. The molecule has 13 heteroatoms. The van der Waals surface area contributed by atoms with Gasteiger partial charge in [-0.2, -0.15) is 10.2 Å². The number of phenols is 2. The standard InChI is InChI=1S/2C23H19N3O3.Fe/c2*27-20-13-7-6-12-19(20)25-26-21-17-11-5-4-8-15(17)14-18(22(21)28)23(29)24-16-9-2-1-3-10-16;/h2*1-15,17,27-28H,(H,24,29);. The molecule has 4 aromatic rings. The van der Waals surface area contributed by atoms with Gasteiger partial charge in [0, 0.05) is 52.1 Å². The van der Waals surface area contributed by atoms with Crippen LogP contribution in [0.1, 0.15) is 0 Å². The van der Waals surface area contributed by atoms with E-state index in [1.54, 1.807) is 72.8 Å². The molecule has 4 aliphatic rings. The van der Waals surface area contributed by atoms with E-state index in [2.05, 4.69) is 31.1 Å². The SMILES string of the molecule is O=C(Nc1ccccc1)C1=CC2C=CC=CC2C(N=Nc2ccccc2O)=C1O.O=C(Nc1ccccc1)C1=CC2C=CC=CC2C(N=Nc2ccccc2O)=C1O.[Fe]. The number of benzene rings is 4. The number of nitrogens with zero attached hydrogens (tertiary/aromatic N) is 4. The zero-order chi connectivity index (χ0) is 40.4. The smallest absolute Gasteiger partial charge is 0.259 e. The molecule has 12 nitrogen and oxygen atoms in total. The van der Waals surface area contributed by atoms with Gasteiger partial charge in [0.15, 0.2) is 11.5 Å². The van der Waals surface area contributed by atoms with E-state index in [9.17, 15) is 30.0 Å². The molecule has 296 valence electrons. The molecule has 0 aliphatic heterocycles. The second-order valence-corrected chi connectivity index (χ2v) is 13.4. The van der Waals surface area contributed by atoms with E-state index in [0.717, 1.165) is 0 Å². The van der Waals surface area contributed by atoms with Crippen LogP contribution >= 0.6 is 0 Å². The van der Waals surface area contributed by atoms with Crippen molar-refractivity contribution in [1.82, 2.24) is 0 Å². The number of phenolic OH excluding ortho intramolecular Hbond substituents is 2. The first-order chi connectivity index (χ1) is 28.3. The van der Waals surface area contributed by atoms with E-state index in [1.807, 2.05) is 85.0 Å². The number of aliphatic hydroxyl groups is 2. The molecule has 0 bridgehead atoms. The molecule has 4 unspecified atom stereocenters. The number of allylic oxidation sites excluding steroid dienone is 10. The summed E-state index contributed by atoms with van der Waals surface area (Å²) in [5.41, 5.74) is 2.66. The third kappa shape index (κ3) is 9.80. The summed E-state index contributed by atoms with van der Waals surface area (Å²) >= 11 is 0. The number of hydrogen-bond donors (Lipinski definition) is 6. The molecule has 0 fully saturated rings. The summed E-state index contributed by atoms with van der Waals surface area (Å²) in [6, 6.07) is 31.1. The Labute approximate surface area is 350 Å². The fourth-order valence-electron chi connectivity index (χ4n) is 6.60. The topological polar surface area (TPSA) is 189 Å². The number of nitrogens with one attached hydrogen (secondary N) is 2. The molecule has 2 amide bonds. The van der Waals surface area contributed by atoms with Crippen LogP contribution in [-0.2, 0) is 26.7 Å². The van der Waals surface area contributed by atoms with Crippen LogP contribution in [0.3, 0.4) is 0 Å². The number of aliphatic hydroxyl groups excluding tert-OH is 2. The van der Waals surface area contributed by atoms with Crippen LogP contribution in [0, 0.1) is 23.7 Å². The van der Waals surface area contributed by atoms with Gasteiger partial charge in [-0.25, -0.2) is 0 Å². The van der Waals surface area contributed by atoms with Crippen LogP contribution in [0.25, 0.3) is 0 Å². The van der Waals surface area contributed by atoms with Crippen molar-refractivity contribution in [2.75, 3.05) is 10.6 Å². The van der Waals surface area contributed by atoms with E-state index in [0.29, 0.717) is 11.4 Å². The van der Waals surface area contributed by atoms with Crippen LogP contribution in [0.5, 0.6) is 11.5 Å². The van der Waals surface area contributed by atoms with Crippen LogP contribution in [0.15, 0.2) is 224 Å². The van der Waals surface area contributed by atoms with Gasteiger partial charge in [0.2, 0.25) is 0 Å². The Balaban J connectivity index is 0.000000195. The minimum absolute atomic E-state index is 0. The largest absolute Gasteiger partial charge is 0.506 e. The molecular formula is C46H38FeN6O6. The van der Waals surface area contributed by atoms with Crippen molar-refractivity contribution in [1.29, 1.82) is 0 Å². The van der Waals surface area contributed by atoms with E-state index in [-0.39, 0.29) is 97.7 Å². The molecule has 0 aromatic heterocycles. The first kappa shape index (κ1) is 41.3. The van der Waals surface area contributed by atoms with Crippen molar-refractivity contribution in [3.8, 4) is 11.5 Å². The first-order valence-corrected chi connectivity index (χ1v) is 18.4. The number of rotatable bonds is 8. The summed E-state index contributed by atoms with van der Waals surface area (Å²) in [5.74, 6) is -2.09. The van der Waals surface area contributed by atoms with Gasteiger partial charge in [0.25, 0.3) is 11.8 Å². The van der Waals surface area contributed by atoms with E-state index in [1.165, 1.54) is 12.1 Å². The molecule has 6 N–H and O–H groups in total. The van der Waals surface area contributed by atoms with Gasteiger partial charge in [-0.15, -0.1) is 10.2 Å². The number of amides is 2. The third-order valence-corrected chi connectivity index (χ3v) is 9.55. The van der Waals surface area contributed by atoms with Crippen LogP contribution < -0.4 is 10.6 Å². The number of aromatic hydroxyl groups is 2. The van der Waals surface area contributed by atoms with Gasteiger partial charge in [0.05, 0.1) is 11.1 Å². The fraction of sp³-hybridized carbons (Fsp3) is 0.0870. The van der Waals surface area contributed by atoms with Crippen molar-refractivity contribution in [3.05, 3.63) is 204 Å². The summed E-state index contributed by atoms with van der Waals surface area (Å²) < 4.78 is 0. The molecule has 0 spiro atoms. The average Bonchev–Trinajstić information content (AvgIpc) is 3.24. The number of carbonyl (C=O) groups excluding carboxylic acids is 2. The third-order valence-electron chi connectivity index (χ3n) is 9.55. The Hall–Kier alpha value is -7.34. The van der Waals surface area contributed by atoms with Gasteiger partial charge in [0.1, 0.15) is 34.3 Å². The quantitative estimate of drug-likeness (QED) is 0.0757. The van der Waals surface area contributed by atoms with Crippen LogP contribution in [0.4, 0.5) is 22.7 Å². The van der Waals surface area contributed by atoms with Gasteiger partial charge >= 0.3 is 0 Å². The maximum Gasteiger partial charge on any atom is 0.259 e. The molecule has 4 aromatic carbocycles. The molecule has 0 heterocycles. The Morgan fingerprint density at radius 2 is 0.814 bits per heavy atom. The van der Waals surface area contributed by atoms with E-state index < -0.39 is 11.8 Å². The zero-order valence-electron chi connectivity index (χ0n) is 31.2. The average molecular weight is 827 g/mol. The predicted molar refractivity (Wildman–Crippen MR) is 221 cm³/mol. The maximum absolute atomic E-state index is 12.8. The molecule has 0 saturated carbocycles. The van der Waals surface area contributed by atoms with Crippen LogP contribution in [-0.4, -0.2) is 32.2 Å².